The quantitative estimate of drug-likeness (QED) is 0.473. The predicted octanol–water partition coefficient (Wildman–Crippen LogP) is 2.88. The summed E-state index contributed by atoms with van der Waals surface area (Å²) in [5.74, 6) is -2.41. The van der Waals surface area contributed by atoms with Crippen LogP contribution in [0.1, 0.15) is 53.3 Å². The molecular weight excluding hydrogens is 442 g/mol. The Morgan fingerprint density at radius 2 is 2.06 bits per heavy atom. The van der Waals surface area contributed by atoms with Crippen molar-refractivity contribution in [3.05, 3.63) is 69.4 Å². The van der Waals surface area contributed by atoms with Crippen LogP contribution in [0.25, 0.3) is 17.0 Å². The summed E-state index contributed by atoms with van der Waals surface area (Å²) in [6, 6.07) is 2.58. The van der Waals surface area contributed by atoms with Crippen LogP contribution in [-0.4, -0.2) is 40.6 Å². The van der Waals surface area contributed by atoms with E-state index in [4.69, 9.17) is 5.11 Å². The lowest BCUT2D eigenvalue weighted by atomic mass is 10.1. The minimum atomic E-state index is -1.16. The zero-order valence-corrected chi connectivity index (χ0v) is 17.7. The minimum Gasteiger partial charge on any atom is -0.478 e. The lowest BCUT2D eigenvalue weighted by Crippen LogP contribution is -2.19. The van der Waals surface area contributed by atoms with E-state index in [9.17, 15) is 18.4 Å². The summed E-state index contributed by atoms with van der Waals surface area (Å²) in [4.78, 5) is 31.2. The molecule has 32 heavy (non-hydrogen) atoms. The summed E-state index contributed by atoms with van der Waals surface area (Å²) in [7, 11) is 0. The summed E-state index contributed by atoms with van der Waals surface area (Å²) >= 11 is 0. The van der Waals surface area contributed by atoms with Crippen LogP contribution in [0, 0.1) is 11.6 Å². The summed E-state index contributed by atoms with van der Waals surface area (Å²) in [5, 5.41) is 17.6. The number of benzene rings is 1. The van der Waals surface area contributed by atoms with Crippen molar-refractivity contribution in [2.24, 2.45) is 0 Å². The first-order chi connectivity index (χ1) is 14.8. The number of aromatic amines is 1. The molecule has 3 heterocycles. The van der Waals surface area contributed by atoms with Gasteiger partial charge in [0.15, 0.2) is 5.52 Å². The van der Waals surface area contributed by atoms with E-state index in [0.29, 0.717) is 11.2 Å². The molecule has 0 unspecified atom stereocenters. The topological polar surface area (TPSA) is 119 Å². The molecular formula is C20H18F2N6O3S. The van der Waals surface area contributed by atoms with E-state index in [1.54, 1.807) is 6.92 Å². The second kappa shape index (κ2) is 7.86. The molecule has 12 heteroatoms. The van der Waals surface area contributed by atoms with Crippen molar-refractivity contribution in [2.45, 2.75) is 31.7 Å². The highest BCUT2D eigenvalue weighted by Crippen LogP contribution is 2.42. The summed E-state index contributed by atoms with van der Waals surface area (Å²) < 4.78 is 30.3. The maximum atomic E-state index is 14.4. The third kappa shape index (κ3) is 3.55. The zero-order chi connectivity index (χ0) is 21.9. The number of halogens is 2. The normalized spacial score (nSPS) is 14.3. The van der Waals surface area contributed by atoms with E-state index in [2.05, 4.69) is 20.2 Å². The summed E-state index contributed by atoms with van der Waals surface area (Å²) in [5.41, 5.74) is 0.732. The Kier molecular flexibility index (Phi) is 5.33. The zero-order valence-electron chi connectivity index (χ0n) is 16.7. The first-order valence-electron chi connectivity index (χ1n) is 9.59. The fraction of sp³-hybridized carbons (Fsp3) is 0.250. The Balaban J connectivity index is 0.00000245. The van der Waals surface area contributed by atoms with Crippen LogP contribution in [0.2, 0.25) is 0 Å². The molecule has 3 aromatic heterocycles. The second-order valence-corrected chi connectivity index (χ2v) is 7.51. The lowest BCUT2D eigenvalue weighted by Gasteiger charge is -2.14. The number of hydrogen-bond acceptors (Lipinski definition) is 5. The molecule has 0 bridgehead atoms. The number of nitrogens with one attached hydrogen (secondary N) is 1. The number of H-pyrrole nitrogens is 1. The van der Waals surface area contributed by atoms with Gasteiger partial charge in [-0.1, -0.05) is 6.07 Å². The highest BCUT2D eigenvalue weighted by atomic mass is 32.1. The maximum absolute atomic E-state index is 14.4. The van der Waals surface area contributed by atoms with Gasteiger partial charge in [-0.3, -0.25) is 14.5 Å². The van der Waals surface area contributed by atoms with Gasteiger partial charge in [0.1, 0.15) is 17.2 Å². The van der Waals surface area contributed by atoms with Crippen molar-refractivity contribution in [2.75, 3.05) is 0 Å². The summed E-state index contributed by atoms with van der Waals surface area (Å²) in [6.07, 6.45) is 4.17. The van der Waals surface area contributed by atoms with Gasteiger partial charge in [0.05, 0.1) is 23.5 Å². The highest BCUT2D eigenvalue weighted by molar-refractivity contribution is 7.59. The molecule has 1 saturated carbocycles. The predicted molar refractivity (Wildman–Crippen MR) is 115 cm³/mol. The highest BCUT2D eigenvalue weighted by Gasteiger charge is 2.32. The first-order valence-corrected chi connectivity index (χ1v) is 9.59. The number of carboxylic acids is 1. The van der Waals surface area contributed by atoms with Gasteiger partial charge in [0, 0.05) is 23.7 Å². The van der Waals surface area contributed by atoms with Crippen LogP contribution in [0.3, 0.4) is 0 Å². The number of hydrogen-bond donors (Lipinski definition) is 2. The van der Waals surface area contributed by atoms with Crippen LogP contribution in [0.15, 0.2) is 35.4 Å². The van der Waals surface area contributed by atoms with Gasteiger partial charge in [-0.05, 0) is 25.8 Å². The van der Waals surface area contributed by atoms with Crippen LogP contribution in [0.5, 0.6) is 0 Å². The fourth-order valence-electron chi connectivity index (χ4n) is 3.60. The number of carboxylic acid groups (broad SMARTS) is 1. The number of rotatable bonds is 5. The maximum Gasteiger partial charge on any atom is 0.338 e. The van der Waals surface area contributed by atoms with E-state index < -0.39 is 29.2 Å². The molecule has 1 aromatic carbocycles. The number of aromatic nitrogens is 6. The van der Waals surface area contributed by atoms with E-state index in [0.717, 1.165) is 31.2 Å². The molecule has 1 fully saturated rings. The fourth-order valence-corrected chi connectivity index (χ4v) is 3.60. The number of carbonyl (C=O) groups is 1. The van der Waals surface area contributed by atoms with E-state index in [1.165, 1.54) is 21.6 Å². The van der Waals surface area contributed by atoms with Crippen molar-refractivity contribution in [3.63, 3.8) is 0 Å². The van der Waals surface area contributed by atoms with Crippen molar-refractivity contribution < 1.29 is 18.7 Å². The molecule has 1 aliphatic rings. The number of nitrogens with zero attached hydrogens (tertiary/aromatic N) is 5. The SMILES string of the molecule is C[C@@H](c1ccc(F)cc1F)n1nc(C2CC2)c2nc(-n3cc(C(=O)O)cn3)[nH]c(=O)c21.S. The van der Waals surface area contributed by atoms with Gasteiger partial charge < -0.3 is 5.11 Å². The third-order valence-corrected chi connectivity index (χ3v) is 5.36. The van der Waals surface area contributed by atoms with Crippen LogP contribution in [0.4, 0.5) is 8.78 Å². The number of aromatic carboxylic acids is 1. The Hall–Kier alpha value is -3.54. The van der Waals surface area contributed by atoms with Gasteiger partial charge in [0.25, 0.3) is 5.56 Å². The van der Waals surface area contributed by atoms with Gasteiger partial charge in [-0.25, -0.2) is 23.2 Å². The van der Waals surface area contributed by atoms with Gasteiger partial charge >= 0.3 is 5.97 Å². The van der Waals surface area contributed by atoms with Crippen LogP contribution in [-0.2, 0) is 0 Å². The van der Waals surface area contributed by atoms with Crippen molar-refractivity contribution >= 4 is 30.5 Å². The van der Waals surface area contributed by atoms with Crippen molar-refractivity contribution in [1.29, 1.82) is 0 Å². The van der Waals surface area contributed by atoms with E-state index in [1.807, 2.05) is 0 Å². The molecule has 0 amide bonds. The number of fused-ring (bicyclic) bond motifs is 1. The Bertz CT molecular complexity index is 1410. The van der Waals surface area contributed by atoms with Gasteiger partial charge in [-0.2, -0.15) is 23.7 Å². The molecule has 2 N–H and O–H groups in total. The second-order valence-electron chi connectivity index (χ2n) is 7.51. The minimum absolute atomic E-state index is 0. The molecule has 1 aliphatic carbocycles. The molecule has 0 saturated heterocycles. The molecule has 1 atom stereocenters. The van der Waals surface area contributed by atoms with Crippen LogP contribution < -0.4 is 5.56 Å². The average Bonchev–Trinajstić information content (AvgIpc) is 3.30. The lowest BCUT2D eigenvalue weighted by molar-refractivity contribution is 0.0697. The Labute approximate surface area is 186 Å². The van der Waals surface area contributed by atoms with Crippen LogP contribution >= 0.6 is 13.5 Å². The largest absolute Gasteiger partial charge is 0.478 e. The average molecular weight is 460 g/mol. The molecule has 0 radical (unpaired) electrons. The Morgan fingerprint density at radius 1 is 1.31 bits per heavy atom. The summed E-state index contributed by atoms with van der Waals surface area (Å²) in [6.45, 7) is 1.67. The monoisotopic (exact) mass is 460 g/mol. The van der Waals surface area contributed by atoms with E-state index >= 15 is 0 Å². The van der Waals surface area contributed by atoms with Crippen molar-refractivity contribution in [3.8, 4) is 5.95 Å². The standard InChI is InChI=1S/C20H16F2N6O3.H2S/c1-9(13-5-4-12(21)6-14(13)22)28-17-16(15(26-28)10-2-3-10)24-20(25-18(17)29)27-8-11(7-23-27)19(30)31;/h4-10H,2-3H2,1H3,(H,30,31)(H,24,25,29);1H2/t9-;/m0./s1. The molecule has 0 spiro atoms. The molecule has 5 rings (SSSR count). The van der Waals surface area contributed by atoms with E-state index in [-0.39, 0.29) is 42.0 Å². The van der Waals surface area contributed by atoms with Gasteiger partial charge in [-0.15, -0.1) is 0 Å². The van der Waals surface area contributed by atoms with Crippen molar-refractivity contribution in [1.82, 2.24) is 29.5 Å². The van der Waals surface area contributed by atoms with Gasteiger partial charge in [0.2, 0.25) is 5.95 Å². The Morgan fingerprint density at radius 3 is 2.69 bits per heavy atom. The molecule has 9 nitrogen and oxygen atoms in total. The smallest absolute Gasteiger partial charge is 0.338 e. The first kappa shape index (κ1) is 21.7. The molecule has 0 aliphatic heterocycles. The molecule has 4 aromatic rings. The molecule has 166 valence electrons. The third-order valence-electron chi connectivity index (χ3n) is 5.36.